The summed E-state index contributed by atoms with van der Waals surface area (Å²) in [5.41, 5.74) is 7.36. The zero-order valence-corrected chi connectivity index (χ0v) is 12.0. The van der Waals surface area contributed by atoms with E-state index in [0.29, 0.717) is 5.56 Å². The number of rotatable bonds is 5. The molecule has 2 aromatic rings. The van der Waals surface area contributed by atoms with Crippen LogP contribution >= 0.6 is 0 Å². The maximum absolute atomic E-state index is 13.0. The van der Waals surface area contributed by atoms with Crippen LogP contribution in [0.4, 0.5) is 10.1 Å². The van der Waals surface area contributed by atoms with E-state index >= 15 is 0 Å². The van der Waals surface area contributed by atoms with Crippen molar-refractivity contribution in [1.82, 2.24) is 5.32 Å². The van der Waals surface area contributed by atoms with Crippen LogP contribution in [0.2, 0.25) is 0 Å². The second kappa shape index (κ2) is 6.88. The number of nitrogens with two attached hydrogens (primary N) is 1. The lowest BCUT2D eigenvalue weighted by Gasteiger charge is -2.15. The third kappa shape index (κ3) is 4.31. The SMILES string of the molecule is CC(CCc1ccccc1)NC(=O)c1ccc(F)cc1N. The number of carbonyl (C=O) groups is 1. The Morgan fingerprint density at radius 2 is 1.95 bits per heavy atom. The summed E-state index contributed by atoms with van der Waals surface area (Å²) in [5, 5.41) is 2.89. The number of hydrogen-bond donors (Lipinski definition) is 2. The number of benzene rings is 2. The monoisotopic (exact) mass is 286 g/mol. The molecule has 2 rings (SSSR count). The highest BCUT2D eigenvalue weighted by Crippen LogP contribution is 2.14. The van der Waals surface area contributed by atoms with Crippen molar-refractivity contribution in [3.05, 3.63) is 65.5 Å². The molecule has 1 atom stereocenters. The molecule has 4 heteroatoms. The van der Waals surface area contributed by atoms with Gasteiger partial charge in [0.15, 0.2) is 0 Å². The Morgan fingerprint density at radius 1 is 1.24 bits per heavy atom. The lowest BCUT2D eigenvalue weighted by atomic mass is 10.1. The molecule has 0 heterocycles. The number of nitrogen functional groups attached to an aromatic ring is 1. The van der Waals surface area contributed by atoms with E-state index in [1.807, 2.05) is 25.1 Å². The molecule has 0 aliphatic rings. The van der Waals surface area contributed by atoms with Crippen molar-refractivity contribution < 1.29 is 9.18 Å². The van der Waals surface area contributed by atoms with Crippen molar-refractivity contribution in [3.8, 4) is 0 Å². The van der Waals surface area contributed by atoms with Gasteiger partial charge in [-0.2, -0.15) is 0 Å². The molecule has 1 unspecified atom stereocenters. The smallest absolute Gasteiger partial charge is 0.253 e. The molecule has 110 valence electrons. The largest absolute Gasteiger partial charge is 0.398 e. The van der Waals surface area contributed by atoms with Gasteiger partial charge in [-0.3, -0.25) is 4.79 Å². The molecule has 0 aromatic heterocycles. The number of nitrogens with one attached hydrogen (secondary N) is 1. The predicted octanol–water partition coefficient (Wildman–Crippen LogP) is 3.16. The Labute approximate surface area is 124 Å². The van der Waals surface area contributed by atoms with Gasteiger partial charge in [0.05, 0.1) is 5.56 Å². The summed E-state index contributed by atoms with van der Waals surface area (Å²) in [7, 11) is 0. The molecule has 0 spiro atoms. The fourth-order valence-corrected chi connectivity index (χ4v) is 2.14. The maximum Gasteiger partial charge on any atom is 0.253 e. The molecule has 0 saturated heterocycles. The minimum Gasteiger partial charge on any atom is -0.398 e. The van der Waals surface area contributed by atoms with Crippen molar-refractivity contribution in [2.24, 2.45) is 0 Å². The van der Waals surface area contributed by atoms with Gasteiger partial charge in [-0.25, -0.2) is 4.39 Å². The van der Waals surface area contributed by atoms with Gasteiger partial charge in [0, 0.05) is 11.7 Å². The van der Waals surface area contributed by atoms with Crippen LogP contribution in [-0.2, 0) is 6.42 Å². The molecule has 21 heavy (non-hydrogen) atoms. The molecule has 1 amide bonds. The molecular formula is C17H19FN2O. The Morgan fingerprint density at radius 3 is 2.62 bits per heavy atom. The summed E-state index contributed by atoms with van der Waals surface area (Å²) in [6, 6.07) is 13.9. The average Bonchev–Trinajstić information content (AvgIpc) is 2.46. The number of aryl methyl sites for hydroxylation is 1. The fraction of sp³-hybridized carbons (Fsp3) is 0.235. The summed E-state index contributed by atoms with van der Waals surface area (Å²) in [4.78, 5) is 12.1. The first-order valence-corrected chi connectivity index (χ1v) is 6.96. The molecule has 0 saturated carbocycles. The highest BCUT2D eigenvalue weighted by atomic mass is 19.1. The number of halogens is 1. The predicted molar refractivity (Wildman–Crippen MR) is 82.5 cm³/mol. The third-order valence-corrected chi connectivity index (χ3v) is 3.34. The Kier molecular flexibility index (Phi) is 4.93. The normalized spacial score (nSPS) is 11.9. The lowest BCUT2D eigenvalue weighted by Crippen LogP contribution is -2.33. The van der Waals surface area contributed by atoms with Crippen molar-refractivity contribution in [2.45, 2.75) is 25.8 Å². The highest BCUT2D eigenvalue weighted by Gasteiger charge is 2.13. The molecule has 3 N–H and O–H groups in total. The van der Waals surface area contributed by atoms with Crippen molar-refractivity contribution in [1.29, 1.82) is 0 Å². The summed E-state index contributed by atoms with van der Waals surface area (Å²) in [6.07, 6.45) is 1.72. The standard InChI is InChI=1S/C17H19FN2O/c1-12(7-8-13-5-3-2-4-6-13)20-17(21)15-10-9-14(18)11-16(15)19/h2-6,9-12H,7-8,19H2,1H3,(H,20,21). The van der Waals surface area contributed by atoms with Gasteiger partial charge < -0.3 is 11.1 Å². The van der Waals surface area contributed by atoms with Gasteiger partial charge in [-0.1, -0.05) is 30.3 Å². The van der Waals surface area contributed by atoms with Crippen LogP contribution in [0.5, 0.6) is 0 Å². The summed E-state index contributed by atoms with van der Waals surface area (Å²) < 4.78 is 13.0. The lowest BCUT2D eigenvalue weighted by molar-refractivity contribution is 0.0939. The van der Waals surface area contributed by atoms with Crippen molar-refractivity contribution in [3.63, 3.8) is 0 Å². The van der Waals surface area contributed by atoms with Crippen molar-refractivity contribution >= 4 is 11.6 Å². The Balaban J connectivity index is 1.90. The Bertz CT molecular complexity index is 613. The molecule has 0 bridgehead atoms. The van der Waals surface area contributed by atoms with E-state index in [0.717, 1.165) is 18.9 Å². The van der Waals surface area contributed by atoms with Gasteiger partial charge in [-0.15, -0.1) is 0 Å². The van der Waals surface area contributed by atoms with Crippen LogP contribution in [0.15, 0.2) is 48.5 Å². The van der Waals surface area contributed by atoms with E-state index in [1.54, 1.807) is 0 Å². The van der Waals surface area contributed by atoms with Crippen LogP contribution in [-0.4, -0.2) is 11.9 Å². The molecule has 0 fully saturated rings. The van der Waals surface area contributed by atoms with Crippen LogP contribution in [0, 0.1) is 5.82 Å². The van der Waals surface area contributed by atoms with Crippen LogP contribution in [0.3, 0.4) is 0 Å². The number of hydrogen-bond acceptors (Lipinski definition) is 2. The third-order valence-electron chi connectivity index (χ3n) is 3.34. The van der Waals surface area contributed by atoms with E-state index in [4.69, 9.17) is 5.73 Å². The van der Waals surface area contributed by atoms with Gasteiger partial charge in [0.1, 0.15) is 5.82 Å². The zero-order valence-electron chi connectivity index (χ0n) is 12.0. The minimum absolute atomic E-state index is 0.0159. The first-order chi connectivity index (χ1) is 10.1. The molecule has 3 nitrogen and oxygen atoms in total. The Hall–Kier alpha value is -2.36. The van der Waals surface area contributed by atoms with Crippen LogP contribution in [0.25, 0.3) is 0 Å². The number of amides is 1. The molecule has 0 aliphatic carbocycles. The van der Waals surface area contributed by atoms with E-state index in [1.165, 1.54) is 17.7 Å². The number of anilines is 1. The summed E-state index contributed by atoms with van der Waals surface area (Å²) in [5.74, 6) is -0.714. The van der Waals surface area contributed by atoms with Gasteiger partial charge in [-0.05, 0) is 43.5 Å². The zero-order chi connectivity index (χ0) is 15.2. The molecule has 0 radical (unpaired) electrons. The van der Waals surface area contributed by atoms with E-state index in [9.17, 15) is 9.18 Å². The van der Waals surface area contributed by atoms with Crippen LogP contribution in [0.1, 0.15) is 29.3 Å². The molecule has 2 aromatic carbocycles. The second-order valence-corrected chi connectivity index (χ2v) is 5.13. The van der Waals surface area contributed by atoms with E-state index in [2.05, 4.69) is 17.4 Å². The van der Waals surface area contributed by atoms with Gasteiger partial charge in [0.25, 0.3) is 5.91 Å². The van der Waals surface area contributed by atoms with Crippen LogP contribution < -0.4 is 11.1 Å². The van der Waals surface area contributed by atoms with E-state index < -0.39 is 5.82 Å². The van der Waals surface area contributed by atoms with Gasteiger partial charge in [0.2, 0.25) is 0 Å². The highest BCUT2D eigenvalue weighted by molar-refractivity contribution is 5.99. The summed E-state index contributed by atoms with van der Waals surface area (Å²) in [6.45, 7) is 1.94. The first kappa shape index (κ1) is 15.0. The molecule has 0 aliphatic heterocycles. The fourth-order valence-electron chi connectivity index (χ4n) is 2.14. The second-order valence-electron chi connectivity index (χ2n) is 5.13. The van der Waals surface area contributed by atoms with E-state index in [-0.39, 0.29) is 17.6 Å². The average molecular weight is 286 g/mol. The first-order valence-electron chi connectivity index (χ1n) is 6.96. The number of carbonyl (C=O) groups excluding carboxylic acids is 1. The quantitative estimate of drug-likeness (QED) is 0.830. The minimum atomic E-state index is -0.443. The van der Waals surface area contributed by atoms with Crippen molar-refractivity contribution in [2.75, 3.05) is 5.73 Å². The maximum atomic E-state index is 13.0. The van der Waals surface area contributed by atoms with Gasteiger partial charge >= 0.3 is 0 Å². The topological polar surface area (TPSA) is 55.1 Å². The summed E-state index contributed by atoms with van der Waals surface area (Å²) >= 11 is 0. The molecular weight excluding hydrogens is 267 g/mol.